The molecule has 1 fully saturated rings. The number of halogens is 1. The number of hydrogen-bond acceptors (Lipinski definition) is 4. The van der Waals surface area contributed by atoms with E-state index in [0.29, 0.717) is 11.7 Å². The van der Waals surface area contributed by atoms with Crippen LogP contribution in [0.5, 0.6) is 0 Å². The zero-order chi connectivity index (χ0) is 15.8. The molecule has 1 aromatic carbocycles. The Morgan fingerprint density at radius 2 is 2.04 bits per heavy atom. The van der Waals surface area contributed by atoms with Crippen LogP contribution < -0.4 is 5.32 Å². The van der Waals surface area contributed by atoms with E-state index in [1.54, 1.807) is 4.52 Å². The Kier molecular flexibility index (Phi) is 3.44. The van der Waals surface area contributed by atoms with Crippen molar-refractivity contribution in [1.29, 1.82) is 0 Å². The van der Waals surface area contributed by atoms with E-state index in [-0.39, 0.29) is 11.9 Å². The molecule has 0 radical (unpaired) electrons. The lowest BCUT2D eigenvalue weighted by atomic mass is 9.77. The van der Waals surface area contributed by atoms with Gasteiger partial charge in [0.05, 0.1) is 6.04 Å². The van der Waals surface area contributed by atoms with Crippen LogP contribution in [0.1, 0.15) is 36.6 Å². The number of nitrogens with one attached hydrogen (secondary N) is 1. The number of fused-ring (bicyclic) bond motifs is 1. The normalized spacial score (nSPS) is 16.3. The molecule has 6 heteroatoms. The smallest absolute Gasteiger partial charge is 0.254 e. The lowest BCUT2D eigenvalue weighted by Crippen LogP contribution is -2.27. The number of anilines is 1. The van der Waals surface area contributed by atoms with Gasteiger partial charge in [0.25, 0.3) is 5.78 Å². The molecule has 5 nitrogen and oxygen atoms in total. The molecule has 1 atom stereocenters. The number of benzene rings is 1. The first kappa shape index (κ1) is 14.1. The second kappa shape index (κ2) is 5.61. The fourth-order valence-electron chi connectivity index (χ4n) is 3.11. The third-order valence-corrected chi connectivity index (χ3v) is 4.53. The molecular weight excluding hydrogens is 293 g/mol. The third kappa shape index (κ3) is 2.65. The Labute approximate surface area is 133 Å². The Bertz CT molecular complexity index is 823. The first-order chi connectivity index (χ1) is 11.2. The largest absolute Gasteiger partial charge is 0.363 e. The average molecular weight is 311 g/mol. The predicted molar refractivity (Wildman–Crippen MR) is 85.6 cm³/mol. The number of nitrogens with zero attached hydrogens (tertiary/aromatic N) is 4. The number of aryl methyl sites for hydroxylation is 1. The van der Waals surface area contributed by atoms with Gasteiger partial charge in [0.15, 0.2) is 0 Å². The number of rotatable bonds is 4. The third-order valence-electron chi connectivity index (χ3n) is 4.53. The van der Waals surface area contributed by atoms with Gasteiger partial charge < -0.3 is 5.32 Å². The van der Waals surface area contributed by atoms with Crippen molar-refractivity contribution < 1.29 is 4.39 Å². The van der Waals surface area contributed by atoms with E-state index in [1.165, 1.54) is 37.7 Å². The topological polar surface area (TPSA) is 55.1 Å². The van der Waals surface area contributed by atoms with Crippen LogP contribution in [0.25, 0.3) is 5.78 Å². The van der Waals surface area contributed by atoms with Gasteiger partial charge in [-0.25, -0.2) is 9.37 Å². The SMILES string of the molecule is Cc1cc(NC(c2ccc(F)cc2)C2CCC2)n2ncnc2n1. The minimum Gasteiger partial charge on any atom is -0.363 e. The Morgan fingerprint density at radius 3 is 2.74 bits per heavy atom. The summed E-state index contributed by atoms with van der Waals surface area (Å²) < 4.78 is 15.0. The lowest BCUT2D eigenvalue weighted by Gasteiger charge is -2.35. The van der Waals surface area contributed by atoms with Crippen LogP contribution in [-0.2, 0) is 0 Å². The molecule has 1 aliphatic rings. The molecule has 1 unspecified atom stereocenters. The first-order valence-electron chi connectivity index (χ1n) is 7.90. The standard InChI is InChI=1S/C17H18FN5/c1-11-9-15(23-17(21-11)19-10-20-23)22-16(12-3-2-4-12)13-5-7-14(18)8-6-13/h5-10,12,16,22H,2-4H2,1H3. The molecular formula is C17H18FN5. The highest BCUT2D eigenvalue weighted by Crippen LogP contribution is 2.39. The van der Waals surface area contributed by atoms with Gasteiger partial charge in [-0.2, -0.15) is 14.6 Å². The summed E-state index contributed by atoms with van der Waals surface area (Å²) in [6.07, 6.45) is 5.11. The Balaban J connectivity index is 1.72. The average Bonchev–Trinajstić information content (AvgIpc) is 2.93. The molecule has 1 aliphatic carbocycles. The molecule has 1 N–H and O–H groups in total. The van der Waals surface area contributed by atoms with Gasteiger partial charge in [0.2, 0.25) is 0 Å². The zero-order valence-corrected chi connectivity index (χ0v) is 12.9. The van der Waals surface area contributed by atoms with Crippen LogP contribution in [0.15, 0.2) is 36.7 Å². The van der Waals surface area contributed by atoms with Crippen molar-refractivity contribution in [3.63, 3.8) is 0 Å². The van der Waals surface area contributed by atoms with Crippen molar-refractivity contribution in [1.82, 2.24) is 19.6 Å². The molecule has 0 amide bonds. The van der Waals surface area contributed by atoms with Crippen LogP contribution in [0, 0.1) is 18.7 Å². The van der Waals surface area contributed by atoms with Crippen molar-refractivity contribution in [2.45, 2.75) is 32.2 Å². The van der Waals surface area contributed by atoms with Gasteiger partial charge in [-0.15, -0.1) is 0 Å². The summed E-state index contributed by atoms with van der Waals surface area (Å²) in [5.41, 5.74) is 1.98. The monoisotopic (exact) mass is 311 g/mol. The van der Waals surface area contributed by atoms with E-state index in [4.69, 9.17) is 0 Å². The van der Waals surface area contributed by atoms with E-state index >= 15 is 0 Å². The minimum atomic E-state index is -0.209. The summed E-state index contributed by atoms with van der Waals surface area (Å²) in [6.45, 7) is 1.94. The highest BCUT2D eigenvalue weighted by atomic mass is 19.1. The molecule has 118 valence electrons. The van der Waals surface area contributed by atoms with E-state index in [1.807, 2.05) is 25.1 Å². The van der Waals surface area contributed by atoms with Crippen molar-refractivity contribution in [3.05, 3.63) is 53.7 Å². The van der Waals surface area contributed by atoms with Crippen LogP contribution in [-0.4, -0.2) is 19.6 Å². The summed E-state index contributed by atoms with van der Waals surface area (Å²) in [4.78, 5) is 8.53. The molecule has 0 spiro atoms. The highest BCUT2D eigenvalue weighted by Gasteiger charge is 2.29. The summed E-state index contributed by atoms with van der Waals surface area (Å²) in [5.74, 6) is 1.79. The number of hydrogen-bond donors (Lipinski definition) is 1. The van der Waals surface area contributed by atoms with E-state index in [0.717, 1.165) is 17.1 Å². The van der Waals surface area contributed by atoms with Crippen molar-refractivity contribution >= 4 is 11.6 Å². The van der Waals surface area contributed by atoms with Gasteiger partial charge in [-0.05, 0) is 43.4 Å². The molecule has 4 rings (SSSR count). The Hall–Kier alpha value is -2.50. The van der Waals surface area contributed by atoms with Gasteiger partial charge in [0, 0.05) is 11.8 Å². The van der Waals surface area contributed by atoms with Crippen LogP contribution in [0.3, 0.4) is 0 Å². The summed E-state index contributed by atoms with van der Waals surface area (Å²) in [5, 5.41) is 7.83. The lowest BCUT2D eigenvalue weighted by molar-refractivity contribution is 0.276. The fraction of sp³-hybridized carbons (Fsp3) is 0.353. The molecule has 2 heterocycles. The maximum atomic E-state index is 13.2. The first-order valence-corrected chi connectivity index (χ1v) is 7.90. The van der Waals surface area contributed by atoms with E-state index in [9.17, 15) is 4.39 Å². The second-order valence-electron chi connectivity index (χ2n) is 6.12. The maximum absolute atomic E-state index is 13.2. The molecule has 2 aromatic heterocycles. The second-order valence-corrected chi connectivity index (χ2v) is 6.12. The maximum Gasteiger partial charge on any atom is 0.254 e. The summed E-state index contributed by atoms with van der Waals surface area (Å²) in [7, 11) is 0. The van der Waals surface area contributed by atoms with Crippen LogP contribution in [0.4, 0.5) is 10.2 Å². The molecule has 3 aromatic rings. The quantitative estimate of drug-likeness (QED) is 0.801. The minimum absolute atomic E-state index is 0.138. The van der Waals surface area contributed by atoms with Gasteiger partial charge in [-0.3, -0.25) is 0 Å². The summed E-state index contributed by atoms with van der Waals surface area (Å²) >= 11 is 0. The van der Waals surface area contributed by atoms with Gasteiger partial charge >= 0.3 is 0 Å². The van der Waals surface area contributed by atoms with E-state index in [2.05, 4.69) is 20.4 Å². The van der Waals surface area contributed by atoms with Gasteiger partial charge in [-0.1, -0.05) is 18.6 Å². The highest BCUT2D eigenvalue weighted by molar-refractivity contribution is 5.47. The van der Waals surface area contributed by atoms with Crippen molar-refractivity contribution in [2.24, 2.45) is 5.92 Å². The van der Waals surface area contributed by atoms with Gasteiger partial charge in [0.1, 0.15) is 18.0 Å². The van der Waals surface area contributed by atoms with E-state index < -0.39 is 0 Å². The Morgan fingerprint density at radius 1 is 1.26 bits per heavy atom. The number of aromatic nitrogens is 4. The summed E-state index contributed by atoms with van der Waals surface area (Å²) in [6, 6.07) is 8.86. The molecule has 0 bridgehead atoms. The van der Waals surface area contributed by atoms with Crippen molar-refractivity contribution in [2.75, 3.05) is 5.32 Å². The molecule has 1 saturated carbocycles. The zero-order valence-electron chi connectivity index (χ0n) is 12.9. The van der Waals surface area contributed by atoms with Crippen LogP contribution in [0.2, 0.25) is 0 Å². The predicted octanol–water partition coefficient (Wildman–Crippen LogP) is 3.53. The molecule has 0 aliphatic heterocycles. The van der Waals surface area contributed by atoms with Crippen molar-refractivity contribution in [3.8, 4) is 0 Å². The van der Waals surface area contributed by atoms with Crippen LogP contribution >= 0.6 is 0 Å². The molecule has 0 saturated heterocycles. The fourth-order valence-corrected chi connectivity index (χ4v) is 3.11. The molecule has 23 heavy (non-hydrogen) atoms.